The minimum Gasteiger partial charge on any atom is -0.492 e. The minimum atomic E-state index is -0.292. The predicted octanol–water partition coefficient (Wildman–Crippen LogP) is 2.78. The number of aromatic amines is 1. The molecule has 0 unspecified atom stereocenters. The molecule has 0 saturated heterocycles. The van der Waals surface area contributed by atoms with Crippen LogP contribution in [0.1, 0.15) is 0 Å². The van der Waals surface area contributed by atoms with Gasteiger partial charge >= 0.3 is 0 Å². The molecule has 3 aromatic rings. The van der Waals surface area contributed by atoms with E-state index in [1.165, 1.54) is 12.1 Å². The molecule has 4 N–H and O–H groups in total. The molecular formula is C15H15FN4O. The zero-order valence-corrected chi connectivity index (χ0v) is 11.3. The fourth-order valence-electron chi connectivity index (χ4n) is 1.99. The molecule has 1 heterocycles. The van der Waals surface area contributed by atoms with Crippen LogP contribution in [0, 0.1) is 5.82 Å². The minimum absolute atomic E-state index is 0.292. The Morgan fingerprint density at radius 2 is 2.00 bits per heavy atom. The Bertz CT molecular complexity index is 739. The number of imidazole rings is 1. The van der Waals surface area contributed by atoms with Crippen molar-refractivity contribution in [1.82, 2.24) is 9.97 Å². The molecule has 0 aliphatic carbocycles. The standard InChI is InChI=1S/C15H15FN4O/c16-10-1-6-13-14(9-10)20-15(19-13)18-11-2-4-12(5-3-11)21-8-7-17/h1-6,9H,7-8,17H2,(H2,18,19,20). The van der Waals surface area contributed by atoms with Gasteiger partial charge in [0.1, 0.15) is 18.2 Å². The molecule has 0 saturated carbocycles. The van der Waals surface area contributed by atoms with Crippen LogP contribution in [-0.4, -0.2) is 23.1 Å². The van der Waals surface area contributed by atoms with Crippen LogP contribution in [0.15, 0.2) is 42.5 Å². The molecular weight excluding hydrogens is 271 g/mol. The highest BCUT2D eigenvalue weighted by Gasteiger charge is 2.04. The second kappa shape index (κ2) is 5.80. The van der Waals surface area contributed by atoms with Crippen molar-refractivity contribution in [2.24, 2.45) is 5.73 Å². The highest BCUT2D eigenvalue weighted by molar-refractivity contribution is 5.78. The van der Waals surface area contributed by atoms with E-state index in [0.29, 0.717) is 30.1 Å². The van der Waals surface area contributed by atoms with E-state index in [-0.39, 0.29) is 5.82 Å². The van der Waals surface area contributed by atoms with E-state index in [4.69, 9.17) is 10.5 Å². The number of aromatic nitrogens is 2. The van der Waals surface area contributed by atoms with E-state index in [1.54, 1.807) is 6.07 Å². The van der Waals surface area contributed by atoms with Crippen molar-refractivity contribution in [3.8, 4) is 5.75 Å². The second-order valence-corrected chi connectivity index (χ2v) is 4.53. The summed E-state index contributed by atoms with van der Waals surface area (Å²) in [5.41, 5.74) is 7.60. The van der Waals surface area contributed by atoms with Gasteiger partial charge in [-0.2, -0.15) is 0 Å². The Morgan fingerprint density at radius 1 is 1.19 bits per heavy atom. The highest BCUT2D eigenvalue weighted by atomic mass is 19.1. The van der Waals surface area contributed by atoms with Crippen LogP contribution in [0.3, 0.4) is 0 Å². The van der Waals surface area contributed by atoms with Gasteiger partial charge in [-0.15, -0.1) is 0 Å². The van der Waals surface area contributed by atoms with Gasteiger partial charge in [0.05, 0.1) is 11.0 Å². The van der Waals surface area contributed by atoms with Crippen molar-refractivity contribution in [3.63, 3.8) is 0 Å². The highest BCUT2D eigenvalue weighted by Crippen LogP contribution is 2.21. The van der Waals surface area contributed by atoms with Gasteiger partial charge in [-0.3, -0.25) is 0 Å². The van der Waals surface area contributed by atoms with Crippen molar-refractivity contribution in [2.75, 3.05) is 18.5 Å². The van der Waals surface area contributed by atoms with Crippen molar-refractivity contribution in [1.29, 1.82) is 0 Å². The topological polar surface area (TPSA) is 76.0 Å². The molecule has 0 radical (unpaired) electrons. The normalized spacial score (nSPS) is 10.8. The first-order valence-electron chi connectivity index (χ1n) is 6.60. The van der Waals surface area contributed by atoms with Crippen molar-refractivity contribution < 1.29 is 9.13 Å². The fourth-order valence-corrected chi connectivity index (χ4v) is 1.99. The lowest BCUT2D eigenvalue weighted by molar-refractivity contribution is 0.328. The Labute approximate surface area is 120 Å². The molecule has 0 aliphatic heterocycles. The SMILES string of the molecule is NCCOc1ccc(Nc2nc3ccc(F)cc3[nH]2)cc1. The van der Waals surface area contributed by atoms with E-state index in [0.717, 1.165) is 11.4 Å². The maximum atomic E-state index is 13.1. The number of ether oxygens (including phenoxy) is 1. The molecule has 2 aromatic carbocycles. The summed E-state index contributed by atoms with van der Waals surface area (Å²) in [6, 6.07) is 11.9. The Kier molecular flexibility index (Phi) is 3.70. The summed E-state index contributed by atoms with van der Waals surface area (Å²) >= 11 is 0. The van der Waals surface area contributed by atoms with E-state index < -0.39 is 0 Å². The van der Waals surface area contributed by atoms with Crippen molar-refractivity contribution in [2.45, 2.75) is 0 Å². The maximum absolute atomic E-state index is 13.1. The lowest BCUT2D eigenvalue weighted by atomic mass is 10.3. The summed E-state index contributed by atoms with van der Waals surface area (Å²) in [6.07, 6.45) is 0. The number of benzene rings is 2. The lowest BCUT2D eigenvalue weighted by Gasteiger charge is -2.06. The quantitative estimate of drug-likeness (QED) is 0.674. The number of hydrogen-bond acceptors (Lipinski definition) is 4. The van der Waals surface area contributed by atoms with Crippen LogP contribution < -0.4 is 15.8 Å². The number of halogens is 1. The van der Waals surface area contributed by atoms with Gasteiger partial charge in [0.2, 0.25) is 5.95 Å². The third-order valence-electron chi connectivity index (χ3n) is 2.95. The number of anilines is 2. The van der Waals surface area contributed by atoms with Gasteiger partial charge in [-0.1, -0.05) is 0 Å². The molecule has 21 heavy (non-hydrogen) atoms. The summed E-state index contributed by atoms with van der Waals surface area (Å²) < 4.78 is 18.5. The van der Waals surface area contributed by atoms with E-state index in [2.05, 4.69) is 15.3 Å². The van der Waals surface area contributed by atoms with E-state index >= 15 is 0 Å². The number of H-pyrrole nitrogens is 1. The van der Waals surface area contributed by atoms with Crippen LogP contribution in [0.25, 0.3) is 11.0 Å². The second-order valence-electron chi connectivity index (χ2n) is 4.53. The number of nitrogens with one attached hydrogen (secondary N) is 2. The Hall–Kier alpha value is -2.60. The average molecular weight is 286 g/mol. The zero-order valence-electron chi connectivity index (χ0n) is 11.3. The summed E-state index contributed by atoms with van der Waals surface area (Å²) in [6.45, 7) is 0.970. The zero-order chi connectivity index (χ0) is 14.7. The number of hydrogen-bond donors (Lipinski definition) is 3. The number of rotatable bonds is 5. The number of nitrogens with zero attached hydrogens (tertiary/aromatic N) is 1. The molecule has 0 aliphatic rings. The van der Waals surface area contributed by atoms with E-state index in [9.17, 15) is 4.39 Å². The molecule has 0 fully saturated rings. The first-order valence-corrected chi connectivity index (χ1v) is 6.60. The van der Waals surface area contributed by atoms with Gasteiger partial charge in [-0.05, 0) is 42.5 Å². The number of nitrogens with two attached hydrogens (primary N) is 1. The van der Waals surface area contributed by atoms with Crippen LogP contribution in [0.5, 0.6) is 5.75 Å². The van der Waals surface area contributed by atoms with E-state index in [1.807, 2.05) is 24.3 Å². The molecule has 0 bridgehead atoms. The fraction of sp³-hybridized carbons (Fsp3) is 0.133. The average Bonchev–Trinajstić information content (AvgIpc) is 2.88. The molecule has 0 amide bonds. The van der Waals surface area contributed by atoms with Crippen molar-refractivity contribution >= 4 is 22.7 Å². The smallest absolute Gasteiger partial charge is 0.205 e. The lowest BCUT2D eigenvalue weighted by Crippen LogP contribution is -2.10. The molecule has 0 atom stereocenters. The summed E-state index contributed by atoms with van der Waals surface area (Å²) in [5, 5.41) is 3.13. The third kappa shape index (κ3) is 3.11. The van der Waals surface area contributed by atoms with Gasteiger partial charge in [0, 0.05) is 12.2 Å². The summed E-state index contributed by atoms with van der Waals surface area (Å²) in [5.74, 6) is 1.03. The van der Waals surface area contributed by atoms with Crippen molar-refractivity contribution in [3.05, 3.63) is 48.3 Å². The van der Waals surface area contributed by atoms with Gasteiger partial charge in [0.25, 0.3) is 0 Å². The third-order valence-corrected chi connectivity index (χ3v) is 2.95. The monoisotopic (exact) mass is 286 g/mol. The molecule has 5 nitrogen and oxygen atoms in total. The largest absolute Gasteiger partial charge is 0.492 e. The van der Waals surface area contributed by atoms with Gasteiger partial charge < -0.3 is 20.8 Å². The van der Waals surface area contributed by atoms with Crippen LogP contribution in [0.4, 0.5) is 16.0 Å². The van der Waals surface area contributed by atoms with Gasteiger partial charge in [-0.25, -0.2) is 9.37 Å². The predicted molar refractivity (Wildman–Crippen MR) is 80.3 cm³/mol. The van der Waals surface area contributed by atoms with Gasteiger partial charge in [0.15, 0.2) is 0 Å². The molecule has 6 heteroatoms. The summed E-state index contributed by atoms with van der Waals surface area (Å²) in [4.78, 5) is 7.36. The molecule has 108 valence electrons. The maximum Gasteiger partial charge on any atom is 0.205 e. The number of fused-ring (bicyclic) bond motifs is 1. The Balaban J connectivity index is 1.75. The first-order chi connectivity index (χ1) is 10.2. The first kappa shape index (κ1) is 13.4. The van der Waals surface area contributed by atoms with Crippen LogP contribution in [0.2, 0.25) is 0 Å². The molecule has 1 aromatic heterocycles. The van der Waals surface area contributed by atoms with Crippen LogP contribution in [-0.2, 0) is 0 Å². The molecule has 0 spiro atoms. The molecule has 3 rings (SSSR count). The Morgan fingerprint density at radius 3 is 2.76 bits per heavy atom. The summed E-state index contributed by atoms with van der Waals surface area (Å²) in [7, 11) is 0. The van der Waals surface area contributed by atoms with Crippen LogP contribution >= 0.6 is 0 Å².